The first-order valence-corrected chi connectivity index (χ1v) is 7.37. The predicted octanol–water partition coefficient (Wildman–Crippen LogP) is 2.04. The molecule has 0 aromatic heterocycles. The van der Waals surface area contributed by atoms with E-state index in [9.17, 15) is 17.6 Å². The first-order valence-electron chi connectivity index (χ1n) is 5.51. The van der Waals surface area contributed by atoms with Gasteiger partial charge in [0.15, 0.2) is 5.82 Å². The molecule has 112 valence electrons. The van der Waals surface area contributed by atoms with Crippen molar-refractivity contribution in [2.75, 3.05) is 6.61 Å². The van der Waals surface area contributed by atoms with Gasteiger partial charge in [-0.05, 0) is 18.1 Å². The maximum absolute atomic E-state index is 13.9. The lowest BCUT2D eigenvalue weighted by Gasteiger charge is -2.11. The lowest BCUT2D eigenvalue weighted by atomic mass is 10.2. The highest BCUT2D eigenvalue weighted by Gasteiger charge is 2.25. The van der Waals surface area contributed by atoms with Crippen LogP contribution in [-0.4, -0.2) is 26.1 Å². The van der Waals surface area contributed by atoms with Crippen molar-refractivity contribution in [1.29, 1.82) is 0 Å². The highest BCUT2D eigenvalue weighted by molar-refractivity contribution is 7.89. The van der Waals surface area contributed by atoms with E-state index in [1.165, 1.54) is 0 Å². The van der Waals surface area contributed by atoms with Crippen molar-refractivity contribution in [3.63, 3.8) is 0 Å². The van der Waals surface area contributed by atoms with Crippen molar-refractivity contribution in [2.24, 2.45) is 5.92 Å². The molecule has 0 bridgehead atoms. The van der Waals surface area contributed by atoms with Gasteiger partial charge in [0.05, 0.1) is 12.2 Å². The average molecular weight is 326 g/mol. The molecule has 0 heterocycles. The zero-order valence-corrected chi connectivity index (χ0v) is 12.3. The van der Waals surface area contributed by atoms with E-state index in [2.05, 4.69) is 0 Å². The number of carboxylic acid groups (broad SMARTS) is 1. The van der Waals surface area contributed by atoms with E-state index < -0.39 is 32.3 Å². The van der Waals surface area contributed by atoms with Gasteiger partial charge in [-0.25, -0.2) is 17.6 Å². The largest absolute Gasteiger partial charge is 0.478 e. The minimum Gasteiger partial charge on any atom is -0.478 e. The first-order chi connectivity index (χ1) is 9.15. The van der Waals surface area contributed by atoms with Gasteiger partial charge in [-0.3, -0.25) is 4.84 Å². The summed E-state index contributed by atoms with van der Waals surface area (Å²) in [7, 11) is -4.36. The van der Waals surface area contributed by atoms with Crippen LogP contribution in [0.4, 0.5) is 4.39 Å². The summed E-state index contributed by atoms with van der Waals surface area (Å²) in [6, 6.07) is 1.64. The predicted molar refractivity (Wildman–Crippen MR) is 69.5 cm³/mol. The molecular weight excluding hydrogens is 313 g/mol. The molecule has 0 saturated heterocycles. The van der Waals surface area contributed by atoms with E-state index in [4.69, 9.17) is 21.5 Å². The number of carboxylic acids is 1. The number of sulfonamides is 1. The number of aromatic carboxylic acids is 1. The van der Waals surface area contributed by atoms with E-state index in [0.717, 1.165) is 12.1 Å². The van der Waals surface area contributed by atoms with Crippen LogP contribution in [0.1, 0.15) is 24.2 Å². The molecule has 1 aromatic carbocycles. The molecule has 9 heteroatoms. The van der Waals surface area contributed by atoms with Crippen molar-refractivity contribution >= 4 is 27.6 Å². The Hall–Kier alpha value is -1.22. The Kier molecular flexibility index (Phi) is 5.46. The second-order valence-electron chi connectivity index (χ2n) is 4.36. The smallest absolute Gasteiger partial charge is 0.338 e. The van der Waals surface area contributed by atoms with Crippen LogP contribution in [0.5, 0.6) is 0 Å². The highest BCUT2D eigenvalue weighted by Crippen LogP contribution is 2.23. The van der Waals surface area contributed by atoms with E-state index in [1.54, 1.807) is 18.7 Å². The van der Waals surface area contributed by atoms with Crippen molar-refractivity contribution in [3.05, 3.63) is 28.5 Å². The van der Waals surface area contributed by atoms with Gasteiger partial charge in [0, 0.05) is 5.02 Å². The van der Waals surface area contributed by atoms with Crippen LogP contribution in [0, 0.1) is 11.7 Å². The Morgan fingerprint density at radius 3 is 2.60 bits per heavy atom. The van der Waals surface area contributed by atoms with Crippen LogP contribution in [-0.2, 0) is 14.9 Å². The van der Waals surface area contributed by atoms with Crippen LogP contribution in [0.15, 0.2) is 17.0 Å². The van der Waals surface area contributed by atoms with Crippen LogP contribution in [0.3, 0.4) is 0 Å². The zero-order valence-electron chi connectivity index (χ0n) is 10.7. The molecule has 0 aliphatic rings. The number of benzene rings is 1. The fourth-order valence-electron chi connectivity index (χ4n) is 1.24. The van der Waals surface area contributed by atoms with Gasteiger partial charge in [-0.1, -0.05) is 30.3 Å². The fraction of sp³-hybridized carbons (Fsp3) is 0.364. The van der Waals surface area contributed by atoms with Gasteiger partial charge < -0.3 is 5.11 Å². The quantitative estimate of drug-likeness (QED) is 0.781. The first kappa shape index (κ1) is 16.8. The second-order valence-corrected chi connectivity index (χ2v) is 6.41. The molecule has 0 saturated carbocycles. The average Bonchev–Trinajstić information content (AvgIpc) is 2.30. The summed E-state index contributed by atoms with van der Waals surface area (Å²) in [5.41, 5.74) is -0.832. The summed E-state index contributed by atoms with van der Waals surface area (Å²) in [5.74, 6) is -2.97. The Labute approximate surface area is 120 Å². The molecule has 1 rings (SSSR count). The van der Waals surface area contributed by atoms with Crippen LogP contribution in [0.2, 0.25) is 5.02 Å². The number of hydrogen-bond donors (Lipinski definition) is 2. The maximum atomic E-state index is 13.9. The van der Waals surface area contributed by atoms with E-state index in [-0.39, 0.29) is 17.5 Å². The summed E-state index contributed by atoms with van der Waals surface area (Å²) in [4.78, 5) is 16.4. The van der Waals surface area contributed by atoms with Crippen molar-refractivity contribution in [2.45, 2.75) is 18.7 Å². The molecule has 0 atom stereocenters. The number of halogens is 2. The molecule has 6 nitrogen and oxygen atoms in total. The van der Waals surface area contributed by atoms with Crippen LogP contribution < -0.4 is 4.89 Å². The Balaban J connectivity index is 3.15. The second kappa shape index (κ2) is 6.49. The van der Waals surface area contributed by atoms with Crippen molar-refractivity contribution < 1.29 is 27.5 Å². The van der Waals surface area contributed by atoms with E-state index in [1.807, 2.05) is 0 Å². The highest BCUT2D eigenvalue weighted by atomic mass is 35.5. The number of hydrogen-bond acceptors (Lipinski definition) is 4. The molecule has 0 fully saturated rings. The molecule has 20 heavy (non-hydrogen) atoms. The maximum Gasteiger partial charge on any atom is 0.338 e. The Morgan fingerprint density at radius 1 is 1.50 bits per heavy atom. The lowest BCUT2D eigenvalue weighted by molar-refractivity contribution is 0.0689. The summed E-state index contributed by atoms with van der Waals surface area (Å²) < 4.78 is 37.5. The van der Waals surface area contributed by atoms with Gasteiger partial charge in [-0.15, -0.1) is 0 Å². The Morgan fingerprint density at radius 2 is 2.10 bits per heavy atom. The summed E-state index contributed by atoms with van der Waals surface area (Å²) in [5, 5.41) is 8.57. The minimum atomic E-state index is -4.36. The zero-order chi connectivity index (χ0) is 15.5. The lowest BCUT2D eigenvalue weighted by Crippen LogP contribution is -2.27. The van der Waals surface area contributed by atoms with Gasteiger partial charge in [-0.2, -0.15) is 0 Å². The molecule has 0 spiro atoms. The molecule has 0 amide bonds. The third-order valence-corrected chi connectivity index (χ3v) is 3.54. The van der Waals surface area contributed by atoms with Gasteiger partial charge in [0.25, 0.3) is 10.0 Å². The van der Waals surface area contributed by atoms with E-state index in [0.29, 0.717) is 0 Å². The monoisotopic (exact) mass is 325 g/mol. The molecule has 0 radical (unpaired) electrons. The standard InChI is InChI=1S/C11H13ClFNO5S/c1-6(2)5-19-14-20(17,18)9-4-7(12)3-8(10(9)13)11(15)16/h3-4,6,14H,5H2,1-2H3,(H,15,16). The molecule has 0 aliphatic carbocycles. The minimum absolute atomic E-state index is 0.0523. The summed E-state index contributed by atoms with van der Waals surface area (Å²) >= 11 is 5.59. The molecule has 1 aromatic rings. The molecule has 2 N–H and O–H groups in total. The van der Waals surface area contributed by atoms with Crippen molar-refractivity contribution in [3.8, 4) is 0 Å². The normalized spacial score (nSPS) is 11.8. The van der Waals surface area contributed by atoms with Gasteiger partial charge in [0.1, 0.15) is 4.90 Å². The molecule has 0 aliphatic heterocycles. The number of carbonyl (C=O) groups is 1. The fourth-order valence-corrected chi connectivity index (χ4v) is 2.46. The van der Waals surface area contributed by atoms with Crippen LogP contribution in [0.25, 0.3) is 0 Å². The molecular formula is C11H13ClFNO5S. The van der Waals surface area contributed by atoms with Crippen LogP contribution >= 0.6 is 11.6 Å². The van der Waals surface area contributed by atoms with Gasteiger partial charge >= 0.3 is 5.97 Å². The number of rotatable bonds is 6. The Bertz CT molecular complexity index is 617. The van der Waals surface area contributed by atoms with E-state index >= 15 is 0 Å². The third kappa shape index (κ3) is 4.14. The van der Waals surface area contributed by atoms with Crippen molar-refractivity contribution in [1.82, 2.24) is 4.89 Å². The summed E-state index contributed by atoms with van der Waals surface area (Å²) in [6.45, 7) is 3.65. The third-order valence-electron chi connectivity index (χ3n) is 2.11. The topological polar surface area (TPSA) is 92.7 Å². The summed E-state index contributed by atoms with van der Waals surface area (Å²) in [6.07, 6.45) is 0. The molecule has 0 unspecified atom stereocenters. The SMILES string of the molecule is CC(C)CONS(=O)(=O)c1cc(Cl)cc(C(=O)O)c1F. The number of nitrogens with one attached hydrogen (secondary N) is 1. The van der Waals surface area contributed by atoms with Gasteiger partial charge in [0.2, 0.25) is 0 Å².